The molecule has 0 aromatic heterocycles. The minimum absolute atomic E-state index is 0.386. The first-order valence-corrected chi connectivity index (χ1v) is 10.4. The van der Waals surface area contributed by atoms with Gasteiger partial charge in [0.15, 0.2) is 6.23 Å². The lowest BCUT2D eigenvalue weighted by Crippen LogP contribution is -2.46. The van der Waals surface area contributed by atoms with Crippen LogP contribution in [0.2, 0.25) is 0 Å². The second-order valence-corrected chi connectivity index (χ2v) is 10.7. The van der Waals surface area contributed by atoms with E-state index in [1.165, 1.54) is 0 Å². The Morgan fingerprint density at radius 3 is 2.64 bits per heavy atom. The number of nitrogens with one attached hydrogen (secondary N) is 1. The van der Waals surface area contributed by atoms with Crippen molar-refractivity contribution in [1.82, 2.24) is 10.2 Å². The lowest BCUT2D eigenvalue weighted by Gasteiger charge is -2.33. The van der Waals surface area contributed by atoms with Crippen LogP contribution >= 0.6 is 6.89 Å². The van der Waals surface area contributed by atoms with Gasteiger partial charge in [0.2, 0.25) is 0 Å². The van der Waals surface area contributed by atoms with Gasteiger partial charge in [0.05, 0.1) is 6.10 Å². The standard InChI is InChI=1S/C15H26N3O3P/c1-10-17-12(16-2)6-8-18(10)15-14(20)13(19)11(21-15)7-9-22(3,4)5/h6,8,11,13-15,19-20H,1,3,7,9H2,2,4-5H3,(H,16,17)/t11-,13-,14-,15-/m1/s1. The zero-order chi connectivity index (χ0) is 16.5. The number of aliphatic imine (C=N–C) groups is 1. The lowest BCUT2D eigenvalue weighted by molar-refractivity contribution is -0.0590. The molecule has 6 nitrogen and oxygen atoms in total. The normalized spacial score (nSPS) is 34.3. The molecule has 22 heavy (non-hydrogen) atoms. The molecule has 0 aromatic carbocycles. The van der Waals surface area contributed by atoms with Crippen LogP contribution in [-0.4, -0.2) is 78.3 Å². The summed E-state index contributed by atoms with van der Waals surface area (Å²) in [4.78, 5) is 5.73. The molecule has 2 aliphatic rings. The van der Waals surface area contributed by atoms with Gasteiger partial charge in [-0.15, -0.1) is 13.2 Å². The zero-order valence-corrected chi connectivity index (χ0v) is 14.3. The van der Waals surface area contributed by atoms with E-state index in [0.29, 0.717) is 18.1 Å². The van der Waals surface area contributed by atoms with Crippen molar-refractivity contribution in [2.45, 2.75) is 31.0 Å². The van der Waals surface area contributed by atoms with Gasteiger partial charge in [-0.2, -0.15) is 0 Å². The van der Waals surface area contributed by atoms with Crippen LogP contribution in [0.25, 0.3) is 0 Å². The summed E-state index contributed by atoms with van der Waals surface area (Å²) in [5.74, 6) is 1.25. The third kappa shape index (κ3) is 3.82. The quantitative estimate of drug-likeness (QED) is 0.654. The molecule has 0 aromatic rings. The van der Waals surface area contributed by atoms with Crippen molar-refractivity contribution >= 4 is 19.0 Å². The van der Waals surface area contributed by atoms with Crippen molar-refractivity contribution in [1.29, 1.82) is 0 Å². The molecule has 2 heterocycles. The topological polar surface area (TPSA) is 77.3 Å². The maximum atomic E-state index is 10.3. The number of rotatable bonds is 4. The van der Waals surface area contributed by atoms with E-state index in [9.17, 15) is 10.2 Å². The molecule has 2 aliphatic heterocycles. The Hall–Kier alpha value is -1.07. The van der Waals surface area contributed by atoms with E-state index in [2.05, 4.69) is 36.5 Å². The molecule has 0 saturated carbocycles. The minimum atomic E-state index is -1.19. The SMILES string of the molecule is C=C1NC(=NC)C=CN1[C@@H]1O[C@H](CCP(=C)(C)C)[C@@H](O)[C@H]1O. The maximum Gasteiger partial charge on any atom is 0.164 e. The molecule has 0 aliphatic carbocycles. The third-order valence-electron chi connectivity index (χ3n) is 3.85. The highest BCUT2D eigenvalue weighted by Crippen LogP contribution is 2.38. The molecule has 0 radical (unpaired) electrons. The molecule has 3 N–H and O–H groups in total. The average Bonchev–Trinajstić information content (AvgIpc) is 2.72. The predicted molar refractivity (Wildman–Crippen MR) is 92.7 cm³/mol. The average molecular weight is 327 g/mol. The van der Waals surface area contributed by atoms with Crippen LogP contribution in [0.3, 0.4) is 0 Å². The molecule has 0 unspecified atom stereocenters. The Morgan fingerprint density at radius 2 is 2.09 bits per heavy atom. The fraction of sp³-hybridized carbons (Fsp3) is 0.600. The molecular formula is C15H26N3O3P. The number of nitrogens with zero attached hydrogens (tertiary/aromatic N) is 2. The Kier molecular flexibility index (Phi) is 5.17. The van der Waals surface area contributed by atoms with Crippen molar-refractivity contribution in [2.75, 3.05) is 26.5 Å². The number of hydrogen-bond acceptors (Lipinski definition) is 5. The highest BCUT2D eigenvalue weighted by molar-refractivity contribution is 7.72. The van der Waals surface area contributed by atoms with Crippen LogP contribution in [0.4, 0.5) is 0 Å². The van der Waals surface area contributed by atoms with E-state index >= 15 is 0 Å². The molecule has 0 bridgehead atoms. The van der Waals surface area contributed by atoms with Crippen molar-refractivity contribution in [3.8, 4) is 0 Å². The van der Waals surface area contributed by atoms with Crippen LogP contribution < -0.4 is 5.32 Å². The molecule has 7 heteroatoms. The van der Waals surface area contributed by atoms with Crippen molar-refractivity contribution in [2.24, 2.45) is 4.99 Å². The third-order valence-corrected chi connectivity index (χ3v) is 5.32. The summed E-state index contributed by atoms with van der Waals surface area (Å²) in [7, 11) is 1.68. The van der Waals surface area contributed by atoms with Crippen LogP contribution in [0.5, 0.6) is 0 Å². The summed E-state index contributed by atoms with van der Waals surface area (Å²) in [6.07, 6.45) is 6.37. The second-order valence-electron chi connectivity index (χ2n) is 6.40. The summed E-state index contributed by atoms with van der Waals surface area (Å²) in [6.45, 7) is 7.02. The van der Waals surface area contributed by atoms with E-state index in [1.807, 2.05) is 0 Å². The lowest BCUT2D eigenvalue weighted by atomic mass is 10.1. The van der Waals surface area contributed by atoms with Crippen LogP contribution in [0.1, 0.15) is 6.42 Å². The van der Waals surface area contributed by atoms with Crippen LogP contribution in [0.15, 0.2) is 29.7 Å². The first-order chi connectivity index (χ1) is 10.2. The van der Waals surface area contributed by atoms with Gasteiger partial charge in [-0.25, -0.2) is 0 Å². The first-order valence-electron chi connectivity index (χ1n) is 7.31. The van der Waals surface area contributed by atoms with Gasteiger partial charge >= 0.3 is 0 Å². The van der Waals surface area contributed by atoms with Crippen molar-refractivity contribution < 1.29 is 14.9 Å². The van der Waals surface area contributed by atoms with Crippen LogP contribution in [0, 0.1) is 0 Å². The van der Waals surface area contributed by atoms with Gasteiger partial charge in [-0.3, -0.25) is 4.99 Å². The Balaban J connectivity index is 2.07. The second kappa shape index (κ2) is 6.59. The minimum Gasteiger partial charge on any atom is -0.388 e. The zero-order valence-electron chi connectivity index (χ0n) is 13.4. The highest BCUT2D eigenvalue weighted by atomic mass is 31.2. The summed E-state index contributed by atoms with van der Waals surface area (Å²) < 4.78 is 5.88. The van der Waals surface area contributed by atoms with Crippen molar-refractivity contribution in [3.63, 3.8) is 0 Å². The van der Waals surface area contributed by atoms with E-state index < -0.39 is 25.3 Å². The first kappa shape index (κ1) is 17.3. The summed E-state index contributed by atoms with van der Waals surface area (Å²) in [5.41, 5.74) is 0. The smallest absolute Gasteiger partial charge is 0.164 e. The summed E-state index contributed by atoms with van der Waals surface area (Å²) in [6, 6.07) is 0. The Morgan fingerprint density at radius 1 is 1.41 bits per heavy atom. The van der Waals surface area contributed by atoms with Gasteiger partial charge in [0, 0.05) is 13.2 Å². The molecule has 124 valence electrons. The number of aliphatic hydroxyl groups excluding tert-OH is 2. The van der Waals surface area contributed by atoms with E-state index in [1.54, 1.807) is 24.2 Å². The molecular weight excluding hydrogens is 301 g/mol. The molecule has 0 amide bonds. The number of ether oxygens (including phenoxy) is 1. The fourth-order valence-electron chi connectivity index (χ4n) is 2.54. The summed E-state index contributed by atoms with van der Waals surface area (Å²) in [5, 5.41) is 23.5. The molecule has 1 saturated heterocycles. The van der Waals surface area contributed by atoms with E-state index in [-0.39, 0.29) is 6.10 Å². The Bertz CT molecular complexity index is 540. The fourth-order valence-corrected chi connectivity index (χ4v) is 3.49. The highest BCUT2D eigenvalue weighted by Gasteiger charge is 2.45. The largest absolute Gasteiger partial charge is 0.388 e. The number of amidine groups is 1. The predicted octanol–water partition coefficient (Wildman–Crippen LogP) is 0.451. The molecule has 1 fully saturated rings. The van der Waals surface area contributed by atoms with E-state index in [0.717, 1.165) is 6.16 Å². The monoisotopic (exact) mass is 327 g/mol. The number of aliphatic hydroxyl groups is 2. The van der Waals surface area contributed by atoms with Crippen LogP contribution in [-0.2, 0) is 4.74 Å². The van der Waals surface area contributed by atoms with Gasteiger partial charge in [0.25, 0.3) is 0 Å². The number of hydrogen-bond donors (Lipinski definition) is 3. The molecule has 0 spiro atoms. The van der Waals surface area contributed by atoms with Gasteiger partial charge in [-0.1, -0.05) is 6.58 Å². The summed E-state index contributed by atoms with van der Waals surface area (Å²) >= 11 is 0. The van der Waals surface area contributed by atoms with Crippen molar-refractivity contribution in [3.05, 3.63) is 24.7 Å². The van der Waals surface area contributed by atoms with E-state index in [4.69, 9.17) is 4.74 Å². The maximum absolute atomic E-state index is 10.3. The Labute approximate surface area is 132 Å². The van der Waals surface area contributed by atoms with Gasteiger partial charge < -0.3 is 25.2 Å². The molecule has 4 atom stereocenters. The molecule has 2 rings (SSSR count). The van der Waals surface area contributed by atoms with Gasteiger partial charge in [-0.05, 0) is 32.0 Å². The van der Waals surface area contributed by atoms with Gasteiger partial charge in [0.1, 0.15) is 23.9 Å².